The van der Waals surface area contributed by atoms with Gasteiger partial charge in [-0.25, -0.2) is 4.79 Å². The van der Waals surface area contributed by atoms with Gasteiger partial charge in [0.1, 0.15) is 24.2 Å². The molecule has 2 aliphatic heterocycles. The smallest absolute Gasteiger partial charge is 0.328 e. The van der Waals surface area contributed by atoms with Gasteiger partial charge in [0.15, 0.2) is 5.96 Å². The number of para-hydroxylation sites is 1. The average Bonchev–Trinajstić information content (AvgIpc) is 3.60. The molecule has 0 spiro atoms. The van der Waals surface area contributed by atoms with Gasteiger partial charge in [0.05, 0.1) is 6.42 Å². The number of esters is 1. The molecule has 4 atom stereocenters. The van der Waals surface area contributed by atoms with Crippen LogP contribution in [0.3, 0.4) is 0 Å². The van der Waals surface area contributed by atoms with Crippen LogP contribution in [0.5, 0.6) is 0 Å². The van der Waals surface area contributed by atoms with Gasteiger partial charge in [0, 0.05) is 30.7 Å². The van der Waals surface area contributed by atoms with Crippen LogP contribution in [0.1, 0.15) is 70.9 Å². The second kappa shape index (κ2) is 14.9. The van der Waals surface area contributed by atoms with Crippen LogP contribution in [0.25, 0.3) is 10.9 Å². The molecule has 3 amide bonds. The molecule has 43 heavy (non-hydrogen) atoms. The Kier molecular flexibility index (Phi) is 11.0. The zero-order chi connectivity index (χ0) is 30.9. The summed E-state index contributed by atoms with van der Waals surface area (Å²) in [6, 6.07) is 7.15. The molecule has 7 N–H and O–H groups in total. The van der Waals surface area contributed by atoms with Crippen molar-refractivity contribution in [3.63, 3.8) is 0 Å². The van der Waals surface area contributed by atoms with Gasteiger partial charge in [-0.2, -0.15) is 0 Å². The third kappa shape index (κ3) is 8.95. The molecule has 4 unspecified atom stereocenters. The molecule has 1 aromatic heterocycles. The number of guanidine groups is 1. The normalized spacial score (nSPS) is 23.6. The largest absolute Gasteiger partial charge is 0.460 e. The van der Waals surface area contributed by atoms with Crippen LogP contribution in [0, 0.1) is 5.92 Å². The summed E-state index contributed by atoms with van der Waals surface area (Å²) < 4.78 is 5.88. The van der Waals surface area contributed by atoms with Crippen molar-refractivity contribution in [2.45, 2.75) is 95.9 Å². The first-order chi connectivity index (χ1) is 20.6. The number of nitrogens with two attached hydrogens (primary N) is 2. The summed E-state index contributed by atoms with van der Waals surface area (Å²) in [6.45, 7) is 4.88. The number of fused-ring (bicyclic) bond motifs is 2. The van der Waals surface area contributed by atoms with E-state index in [9.17, 15) is 19.2 Å². The molecule has 3 heterocycles. The predicted molar refractivity (Wildman–Crippen MR) is 164 cm³/mol. The predicted octanol–water partition coefficient (Wildman–Crippen LogP) is 1.87. The van der Waals surface area contributed by atoms with E-state index in [1.54, 1.807) is 0 Å². The van der Waals surface area contributed by atoms with E-state index in [4.69, 9.17) is 16.2 Å². The highest BCUT2D eigenvalue weighted by Crippen LogP contribution is 2.23. The van der Waals surface area contributed by atoms with Crippen molar-refractivity contribution in [2.75, 3.05) is 13.1 Å². The van der Waals surface area contributed by atoms with Gasteiger partial charge in [0.2, 0.25) is 17.7 Å². The summed E-state index contributed by atoms with van der Waals surface area (Å²) in [7, 11) is 0. The summed E-state index contributed by atoms with van der Waals surface area (Å²) in [6.07, 6.45) is 3.37. The molecule has 1 aromatic carbocycles. The number of nitrogens with zero attached hydrogens (tertiary/aromatic N) is 2. The van der Waals surface area contributed by atoms with Crippen molar-refractivity contribution < 1.29 is 23.9 Å². The molecule has 2 aromatic rings. The van der Waals surface area contributed by atoms with Crippen molar-refractivity contribution in [3.05, 3.63) is 36.0 Å². The molecular formula is C31H45N7O5. The Labute approximate surface area is 252 Å². The molecular weight excluding hydrogens is 550 g/mol. The monoisotopic (exact) mass is 595 g/mol. The van der Waals surface area contributed by atoms with Crippen LogP contribution in [-0.2, 0) is 30.3 Å². The molecule has 0 bridgehead atoms. The SMILES string of the molecule is CC(C)CCCC1CC(=O)NC(Cc2cc3ccccc3[nH]2)C(=O)N2CCCC2C(=O)NC(CCCN=C(N)N)C(=O)O1. The molecule has 0 aliphatic carbocycles. The van der Waals surface area contributed by atoms with Crippen LogP contribution in [0.15, 0.2) is 35.3 Å². The summed E-state index contributed by atoms with van der Waals surface area (Å²) in [5, 5.41) is 6.77. The van der Waals surface area contributed by atoms with E-state index >= 15 is 0 Å². The fourth-order valence-corrected chi connectivity index (χ4v) is 5.85. The number of ether oxygens (including phenoxy) is 1. The lowest BCUT2D eigenvalue weighted by Gasteiger charge is -2.29. The van der Waals surface area contributed by atoms with Crippen LogP contribution < -0.4 is 22.1 Å². The van der Waals surface area contributed by atoms with Crippen molar-refractivity contribution in [1.82, 2.24) is 20.5 Å². The molecule has 0 radical (unpaired) electrons. The van der Waals surface area contributed by atoms with E-state index in [1.807, 2.05) is 30.3 Å². The van der Waals surface area contributed by atoms with E-state index in [1.165, 1.54) is 4.90 Å². The molecule has 0 saturated carbocycles. The third-order valence-corrected chi connectivity index (χ3v) is 8.03. The van der Waals surface area contributed by atoms with Crippen molar-refractivity contribution in [1.29, 1.82) is 0 Å². The fraction of sp³-hybridized carbons (Fsp3) is 0.581. The first-order valence-corrected chi connectivity index (χ1v) is 15.3. The molecule has 2 aliphatic rings. The van der Waals surface area contributed by atoms with E-state index in [2.05, 4.69) is 34.5 Å². The highest BCUT2D eigenvalue weighted by atomic mass is 16.5. The Morgan fingerprint density at radius 1 is 1.07 bits per heavy atom. The van der Waals surface area contributed by atoms with E-state index in [0.717, 1.165) is 29.4 Å². The lowest BCUT2D eigenvalue weighted by molar-refractivity contribution is -0.155. The standard InChI is InChI=1S/C31H45N7O5/c1-19(2)8-5-10-22-18-27(39)36-25(17-21-16-20-9-3-4-11-23(20)35-21)29(41)38-15-7-13-26(38)28(40)37-24(30(42)43-22)12-6-14-34-31(32)33/h3-4,9,11,16,19,22,24-26,35H,5-8,10,12-15,17-18H2,1-2H3,(H,36,39)(H,37,40)(H4,32,33,34). The number of benzene rings is 1. The lowest BCUT2D eigenvalue weighted by Crippen LogP contribution is -2.55. The Balaban J connectivity index is 1.60. The second-order valence-corrected chi connectivity index (χ2v) is 12.0. The number of H-pyrrole nitrogens is 1. The maximum absolute atomic E-state index is 14.0. The number of amides is 3. The fourth-order valence-electron chi connectivity index (χ4n) is 5.85. The highest BCUT2D eigenvalue weighted by Gasteiger charge is 2.40. The number of hydrogen-bond donors (Lipinski definition) is 5. The van der Waals surface area contributed by atoms with Crippen LogP contribution in [0.4, 0.5) is 0 Å². The number of carbonyl (C=O) groups is 4. The number of hydrogen-bond acceptors (Lipinski definition) is 6. The second-order valence-electron chi connectivity index (χ2n) is 12.0. The number of nitrogens with one attached hydrogen (secondary N) is 3. The van der Waals surface area contributed by atoms with Crippen LogP contribution in [-0.4, -0.2) is 76.9 Å². The van der Waals surface area contributed by atoms with Crippen molar-refractivity contribution >= 4 is 40.6 Å². The molecule has 12 heteroatoms. The van der Waals surface area contributed by atoms with Gasteiger partial charge in [-0.05, 0) is 62.0 Å². The van der Waals surface area contributed by atoms with Gasteiger partial charge >= 0.3 is 5.97 Å². The molecule has 2 fully saturated rings. The van der Waals surface area contributed by atoms with Crippen LogP contribution >= 0.6 is 0 Å². The van der Waals surface area contributed by atoms with Crippen molar-refractivity contribution in [3.8, 4) is 0 Å². The van der Waals surface area contributed by atoms with E-state index < -0.39 is 36.1 Å². The Morgan fingerprint density at radius 3 is 2.60 bits per heavy atom. The maximum Gasteiger partial charge on any atom is 0.328 e. The first-order valence-electron chi connectivity index (χ1n) is 15.3. The van der Waals surface area contributed by atoms with E-state index in [-0.39, 0.29) is 43.6 Å². The summed E-state index contributed by atoms with van der Waals surface area (Å²) in [5.41, 5.74) is 12.6. The van der Waals surface area contributed by atoms with Gasteiger partial charge in [-0.3, -0.25) is 19.4 Å². The minimum atomic E-state index is -0.960. The lowest BCUT2D eigenvalue weighted by atomic mass is 10.0. The van der Waals surface area contributed by atoms with Gasteiger partial charge in [0.25, 0.3) is 0 Å². The van der Waals surface area contributed by atoms with Crippen molar-refractivity contribution in [2.24, 2.45) is 22.4 Å². The molecule has 12 nitrogen and oxygen atoms in total. The number of aliphatic imine (C=N–C) groups is 1. The number of cyclic esters (lactones) is 1. The Hall–Kier alpha value is -4.09. The van der Waals surface area contributed by atoms with Gasteiger partial charge in [-0.1, -0.05) is 38.5 Å². The van der Waals surface area contributed by atoms with E-state index in [0.29, 0.717) is 38.1 Å². The Morgan fingerprint density at radius 2 is 1.86 bits per heavy atom. The molecule has 4 rings (SSSR count). The van der Waals surface area contributed by atoms with Gasteiger partial charge in [-0.15, -0.1) is 0 Å². The minimum Gasteiger partial charge on any atom is -0.460 e. The van der Waals surface area contributed by atoms with Crippen LogP contribution in [0.2, 0.25) is 0 Å². The Bertz CT molecular complexity index is 1290. The summed E-state index contributed by atoms with van der Waals surface area (Å²) >= 11 is 0. The third-order valence-electron chi connectivity index (χ3n) is 8.03. The number of aromatic nitrogens is 1. The zero-order valence-corrected chi connectivity index (χ0v) is 25.1. The highest BCUT2D eigenvalue weighted by molar-refractivity contribution is 5.94. The number of rotatable bonds is 10. The van der Waals surface area contributed by atoms with Gasteiger partial charge < -0.3 is 36.7 Å². The summed E-state index contributed by atoms with van der Waals surface area (Å²) in [5.74, 6) is -1.33. The average molecular weight is 596 g/mol. The molecule has 234 valence electrons. The summed E-state index contributed by atoms with van der Waals surface area (Å²) in [4.78, 5) is 63.2. The zero-order valence-electron chi connectivity index (χ0n) is 25.1. The number of carbonyl (C=O) groups excluding carboxylic acids is 4. The quantitative estimate of drug-likeness (QED) is 0.120. The minimum absolute atomic E-state index is 0.0557. The topological polar surface area (TPSA) is 185 Å². The molecule has 2 saturated heterocycles. The number of aromatic amines is 1. The maximum atomic E-state index is 14.0. The first kappa shape index (κ1) is 31.8.